The Bertz CT molecular complexity index is 1110. The molecule has 0 spiro atoms. The maximum Gasteiger partial charge on any atom is 0.143 e. The molecule has 0 unspecified atom stereocenters. The van der Waals surface area contributed by atoms with Crippen LogP contribution in [-0.4, -0.2) is 43.2 Å². The van der Waals surface area contributed by atoms with Gasteiger partial charge >= 0.3 is 0 Å². The van der Waals surface area contributed by atoms with E-state index in [0.717, 1.165) is 36.0 Å². The van der Waals surface area contributed by atoms with Crippen LogP contribution in [0.25, 0.3) is 11.0 Å². The largest absolute Gasteiger partial charge is 0.390 e. The van der Waals surface area contributed by atoms with Crippen molar-refractivity contribution in [1.29, 1.82) is 0 Å². The van der Waals surface area contributed by atoms with E-state index in [4.69, 9.17) is 0 Å². The third kappa shape index (κ3) is 2.81. The first-order valence-corrected chi connectivity index (χ1v) is 10.5. The first kappa shape index (κ1) is 17.3. The Morgan fingerprint density at radius 1 is 1.10 bits per heavy atom. The van der Waals surface area contributed by atoms with Gasteiger partial charge in [-0.1, -0.05) is 12.1 Å². The maximum absolute atomic E-state index is 10.7. The van der Waals surface area contributed by atoms with Crippen molar-refractivity contribution in [3.63, 3.8) is 0 Å². The number of aromatic nitrogens is 3. The number of aliphatic imine (C=N–C) groups is 1. The Morgan fingerprint density at radius 2 is 2.03 bits per heavy atom. The number of hydrogen-bond acceptors (Lipinski definition) is 5. The molecule has 6 atom stereocenters. The number of aliphatic hydroxyl groups is 2. The van der Waals surface area contributed by atoms with E-state index in [1.807, 2.05) is 16.8 Å². The molecule has 0 saturated heterocycles. The second-order valence-corrected chi connectivity index (χ2v) is 8.79. The van der Waals surface area contributed by atoms with E-state index in [9.17, 15) is 10.2 Å². The highest BCUT2D eigenvalue weighted by atomic mass is 16.3. The van der Waals surface area contributed by atoms with Gasteiger partial charge in [-0.25, -0.2) is 9.97 Å². The lowest BCUT2D eigenvalue weighted by atomic mass is 9.94. The molecule has 0 amide bonds. The van der Waals surface area contributed by atoms with E-state index in [1.54, 1.807) is 6.20 Å². The van der Waals surface area contributed by atoms with Crippen molar-refractivity contribution in [1.82, 2.24) is 14.5 Å². The van der Waals surface area contributed by atoms with Crippen LogP contribution >= 0.6 is 0 Å². The number of benzene rings is 1. The summed E-state index contributed by atoms with van der Waals surface area (Å²) in [4.78, 5) is 13.0. The second-order valence-electron chi connectivity index (χ2n) is 8.79. The highest BCUT2D eigenvalue weighted by Gasteiger charge is 2.43. The van der Waals surface area contributed by atoms with Gasteiger partial charge < -0.3 is 14.8 Å². The van der Waals surface area contributed by atoms with E-state index < -0.39 is 12.2 Å². The summed E-state index contributed by atoms with van der Waals surface area (Å²) >= 11 is 0. The van der Waals surface area contributed by atoms with Gasteiger partial charge in [0, 0.05) is 29.9 Å². The van der Waals surface area contributed by atoms with Gasteiger partial charge in [0.15, 0.2) is 0 Å². The van der Waals surface area contributed by atoms with Crippen LogP contribution in [-0.2, 0) is 6.42 Å². The van der Waals surface area contributed by atoms with Crippen molar-refractivity contribution in [3.05, 3.63) is 54.1 Å². The Labute approximate surface area is 169 Å². The summed E-state index contributed by atoms with van der Waals surface area (Å²) in [5.74, 6) is 1.40. The van der Waals surface area contributed by atoms with Crippen molar-refractivity contribution in [2.75, 3.05) is 0 Å². The molecule has 2 aliphatic carbocycles. The molecule has 148 valence electrons. The molecule has 6 rings (SSSR count). The molecule has 6 nitrogen and oxygen atoms in total. The van der Waals surface area contributed by atoms with Crippen LogP contribution in [0.3, 0.4) is 0 Å². The van der Waals surface area contributed by atoms with Crippen molar-refractivity contribution in [2.45, 2.75) is 49.9 Å². The molecule has 1 aliphatic heterocycles. The molecule has 6 heteroatoms. The maximum atomic E-state index is 10.7. The van der Waals surface area contributed by atoms with Crippen molar-refractivity contribution in [3.8, 4) is 0 Å². The van der Waals surface area contributed by atoms with Gasteiger partial charge in [0.05, 0.1) is 17.8 Å². The van der Waals surface area contributed by atoms with Crippen molar-refractivity contribution < 1.29 is 10.2 Å². The Hall–Kier alpha value is -2.57. The minimum Gasteiger partial charge on any atom is -0.390 e. The first-order chi connectivity index (χ1) is 14.2. The number of rotatable bonds is 4. The summed E-state index contributed by atoms with van der Waals surface area (Å²) in [7, 11) is 0. The summed E-state index contributed by atoms with van der Waals surface area (Å²) in [5.41, 5.74) is 4.57. The van der Waals surface area contributed by atoms with E-state index in [-0.39, 0.29) is 12.0 Å². The first-order valence-electron chi connectivity index (χ1n) is 10.5. The van der Waals surface area contributed by atoms with Crippen molar-refractivity contribution >= 4 is 22.9 Å². The van der Waals surface area contributed by atoms with Gasteiger partial charge in [-0.3, -0.25) is 4.99 Å². The number of fused-ring (bicyclic) bond motifs is 4. The molecular weight excluding hydrogens is 364 g/mol. The van der Waals surface area contributed by atoms with Gasteiger partial charge in [-0.05, 0) is 60.8 Å². The quantitative estimate of drug-likeness (QED) is 0.719. The summed E-state index contributed by atoms with van der Waals surface area (Å²) in [5, 5.41) is 22.4. The molecule has 2 aromatic heterocycles. The van der Waals surface area contributed by atoms with Crippen LogP contribution < -0.4 is 0 Å². The molecule has 1 aromatic carbocycles. The van der Waals surface area contributed by atoms with Gasteiger partial charge in [-0.2, -0.15) is 0 Å². The minimum absolute atomic E-state index is 0.0571. The normalized spacial score (nSPS) is 32.3. The van der Waals surface area contributed by atoms with E-state index >= 15 is 0 Å². The van der Waals surface area contributed by atoms with Crippen LogP contribution in [0.5, 0.6) is 0 Å². The smallest absolute Gasteiger partial charge is 0.143 e. The third-order valence-corrected chi connectivity index (χ3v) is 7.05. The molecule has 3 aromatic rings. The molecule has 2 N–H and O–H groups in total. The third-order valence-electron chi connectivity index (χ3n) is 7.05. The summed E-state index contributed by atoms with van der Waals surface area (Å²) in [6.45, 7) is 0. The Balaban J connectivity index is 1.18. The molecule has 2 fully saturated rings. The van der Waals surface area contributed by atoms with Crippen molar-refractivity contribution in [2.24, 2.45) is 16.8 Å². The summed E-state index contributed by atoms with van der Waals surface area (Å²) in [6.07, 6.45) is 9.54. The predicted octanol–water partition coefficient (Wildman–Crippen LogP) is 3.17. The van der Waals surface area contributed by atoms with Crippen LogP contribution in [0.1, 0.15) is 42.3 Å². The van der Waals surface area contributed by atoms with Gasteiger partial charge in [0.25, 0.3) is 0 Å². The van der Waals surface area contributed by atoms with Gasteiger partial charge in [0.1, 0.15) is 18.1 Å². The number of nitrogens with zero attached hydrogens (tertiary/aromatic N) is 4. The topological polar surface area (TPSA) is 83.5 Å². The highest BCUT2D eigenvalue weighted by Crippen LogP contribution is 2.52. The minimum atomic E-state index is -0.787. The van der Waals surface area contributed by atoms with Crippen LogP contribution in [0, 0.1) is 11.8 Å². The zero-order valence-electron chi connectivity index (χ0n) is 16.1. The Morgan fingerprint density at radius 3 is 2.97 bits per heavy atom. The van der Waals surface area contributed by atoms with E-state index in [0.29, 0.717) is 11.8 Å². The summed E-state index contributed by atoms with van der Waals surface area (Å²) < 4.78 is 1.99. The molecule has 3 aliphatic rings. The monoisotopic (exact) mass is 388 g/mol. The fraction of sp³-hybridized carbons (Fsp3) is 0.435. The zero-order chi connectivity index (χ0) is 19.5. The van der Waals surface area contributed by atoms with Crippen LogP contribution in [0.2, 0.25) is 0 Å². The number of aryl methyl sites for hydroxylation is 1. The fourth-order valence-electron chi connectivity index (χ4n) is 5.26. The van der Waals surface area contributed by atoms with Gasteiger partial charge in [0.2, 0.25) is 0 Å². The van der Waals surface area contributed by atoms with Crippen LogP contribution in [0.15, 0.2) is 48.0 Å². The lowest BCUT2D eigenvalue weighted by molar-refractivity contribution is 0.00545. The SMILES string of the molecule is O[C@@H]1[C@@H](CCc2ccc3c(c2)N=C[C@H]2C[C@@H]32)C[C@@H](n2ccc3cncnc32)[C@@H]1O. The molecule has 2 saturated carbocycles. The fourth-order valence-corrected chi connectivity index (χ4v) is 5.26. The molecule has 29 heavy (non-hydrogen) atoms. The summed E-state index contributed by atoms with van der Waals surface area (Å²) in [6, 6.07) is 8.44. The zero-order valence-corrected chi connectivity index (χ0v) is 16.1. The number of hydrogen-bond donors (Lipinski definition) is 2. The molecular formula is C23H24N4O2. The lowest BCUT2D eigenvalue weighted by Crippen LogP contribution is -2.29. The molecule has 0 radical (unpaired) electrons. The lowest BCUT2D eigenvalue weighted by Gasteiger charge is -2.19. The van der Waals surface area contributed by atoms with E-state index in [2.05, 4.69) is 39.4 Å². The molecule has 0 bridgehead atoms. The van der Waals surface area contributed by atoms with Crippen LogP contribution in [0.4, 0.5) is 5.69 Å². The average molecular weight is 388 g/mol. The van der Waals surface area contributed by atoms with E-state index in [1.165, 1.54) is 23.9 Å². The number of aliphatic hydroxyl groups excluding tert-OH is 2. The highest BCUT2D eigenvalue weighted by molar-refractivity contribution is 5.77. The second kappa shape index (κ2) is 6.47. The predicted molar refractivity (Wildman–Crippen MR) is 110 cm³/mol. The Kier molecular flexibility index (Phi) is 3.86. The average Bonchev–Trinajstić information content (AvgIpc) is 3.36. The molecule has 3 heterocycles. The standard InChI is InChI=1S/C23H24N4O2/c28-21-14(3-1-13-2-4-17-18-8-16(18)11-25-19(17)7-13)9-20(22(21)29)27-6-5-15-10-24-12-26-23(15)27/h2,4-7,10-12,14,16,18,20-22,28-29H,1,3,8-9H2/t14-,16+,18+,20+,21+,22-/m0/s1. The van der Waals surface area contributed by atoms with Gasteiger partial charge in [-0.15, -0.1) is 0 Å².